The molecule has 2 heterocycles. The third-order valence-corrected chi connectivity index (χ3v) is 6.37. The molecule has 3 atom stereocenters. The molecule has 0 bridgehead atoms. The SMILES string of the molecule is C[N@@+]1(/C(=C\C(=O)O)C(=O)O)CC[C@@]2(O)c3ccccc3Oc3ccc(Cl)cc3[C@H]2C1. The van der Waals surface area contributed by atoms with Gasteiger partial charge in [0.15, 0.2) is 0 Å². The average molecular weight is 431 g/mol. The molecule has 7 nitrogen and oxygen atoms in total. The number of para-hydroxylation sites is 1. The first-order valence-corrected chi connectivity index (χ1v) is 9.84. The molecule has 8 heteroatoms. The van der Waals surface area contributed by atoms with Gasteiger partial charge in [0.1, 0.15) is 17.1 Å². The molecule has 3 N–H and O–H groups in total. The van der Waals surface area contributed by atoms with Gasteiger partial charge in [-0.2, -0.15) is 0 Å². The van der Waals surface area contributed by atoms with Gasteiger partial charge in [0.2, 0.25) is 5.70 Å². The molecule has 30 heavy (non-hydrogen) atoms. The maximum Gasteiger partial charge on any atom is 0.390 e. The number of likely N-dealkylation sites (tertiary alicyclic amines) is 1. The third kappa shape index (κ3) is 3.25. The van der Waals surface area contributed by atoms with E-state index in [0.29, 0.717) is 27.6 Å². The van der Waals surface area contributed by atoms with Crippen LogP contribution < -0.4 is 4.74 Å². The minimum atomic E-state index is -1.33. The fraction of sp³-hybridized carbons (Fsp3) is 0.273. The highest BCUT2D eigenvalue weighted by Crippen LogP contribution is 2.54. The average Bonchev–Trinajstić information content (AvgIpc) is 2.79. The van der Waals surface area contributed by atoms with E-state index >= 15 is 0 Å². The topological polar surface area (TPSA) is 104 Å². The molecule has 2 aromatic carbocycles. The number of quaternary nitrogens is 1. The van der Waals surface area contributed by atoms with E-state index in [0.717, 1.165) is 6.08 Å². The van der Waals surface area contributed by atoms with Crippen molar-refractivity contribution in [2.75, 3.05) is 20.1 Å². The molecular formula is C22H21ClNO6+. The van der Waals surface area contributed by atoms with Crippen molar-refractivity contribution in [2.24, 2.45) is 0 Å². The van der Waals surface area contributed by atoms with Gasteiger partial charge in [-0.25, -0.2) is 9.59 Å². The number of nitrogens with zero attached hydrogens (tertiary/aromatic N) is 1. The van der Waals surface area contributed by atoms with E-state index in [-0.39, 0.29) is 29.7 Å². The number of likely N-dealkylation sites (N-methyl/N-ethyl adjacent to an activating group) is 1. The summed E-state index contributed by atoms with van der Waals surface area (Å²) in [6.45, 7) is 0.398. The molecule has 156 valence electrons. The first kappa shape index (κ1) is 20.4. The summed E-state index contributed by atoms with van der Waals surface area (Å²) in [5, 5.41) is 31.2. The predicted octanol–water partition coefficient (Wildman–Crippen LogP) is 3.32. The number of rotatable bonds is 3. The van der Waals surface area contributed by atoms with Crippen LogP contribution in [0.1, 0.15) is 23.5 Å². The molecule has 2 aliphatic rings. The zero-order valence-corrected chi connectivity index (χ0v) is 17.0. The van der Waals surface area contributed by atoms with Crippen LogP contribution in [0.2, 0.25) is 5.02 Å². The van der Waals surface area contributed by atoms with Crippen molar-refractivity contribution < 1.29 is 34.1 Å². The standard InChI is InChI=1S/C22H20ClNO6/c1-24(17(21(27)28)11-20(25)26)9-8-22(29)15-4-2-3-5-19(15)30-18-7-6-13(23)10-14(18)16(22)12-24/h2-7,10-11,16,29H,8-9,12H2,1H3,(H-,25,26,27,28)/p+1/b17-11-/t16-,22-,24-/m1/s1. The minimum absolute atomic E-state index is 0.150. The number of ether oxygens (including phenoxy) is 1. The summed E-state index contributed by atoms with van der Waals surface area (Å²) in [6, 6.07) is 12.4. The van der Waals surface area contributed by atoms with Gasteiger partial charge >= 0.3 is 11.9 Å². The molecule has 0 saturated carbocycles. The highest BCUT2D eigenvalue weighted by atomic mass is 35.5. The van der Waals surface area contributed by atoms with Gasteiger partial charge < -0.3 is 20.1 Å². The number of carboxylic acids is 2. The number of benzene rings is 2. The van der Waals surface area contributed by atoms with Crippen LogP contribution in [0.15, 0.2) is 54.2 Å². The van der Waals surface area contributed by atoms with Crippen LogP contribution in [0, 0.1) is 0 Å². The Bertz CT molecular complexity index is 1080. The fourth-order valence-electron chi connectivity index (χ4n) is 4.62. The fourth-order valence-corrected chi connectivity index (χ4v) is 4.80. The number of aliphatic carboxylic acids is 2. The highest BCUT2D eigenvalue weighted by molar-refractivity contribution is 6.30. The van der Waals surface area contributed by atoms with Gasteiger partial charge in [0.25, 0.3) is 0 Å². The first-order valence-electron chi connectivity index (χ1n) is 9.46. The lowest BCUT2D eigenvalue weighted by Gasteiger charge is -2.48. The maximum absolute atomic E-state index is 11.9. The van der Waals surface area contributed by atoms with E-state index in [1.54, 1.807) is 37.4 Å². The van der Waals surface area contributed by atoms with Crippen LogP contribution in [0.4, 0.5) is 0 Å². The number of hydrogen-bond donors (Lipinski definition) is 3. The Kier molecular flexibility index (Phi) is 4.85. The van der Waals surface area contributed by atoms with E-state index in [2.05, 4.69) is 0 Å². The molecule has 4 rings (SSSR count). The molecule has 1 saturated heterocycles. The lowest BCUT2D eigenvalue weighted by Crippen LogP contribution is -2.58. The van der Waals surface area contributed by atoms with E-state index in [4.69, 9.17) is 16.3 Å². The van der Waals surface area contributed by atoms with Crippen LogP contribution in [0.3, 0.4) is 0 Å². The summed E-state index contributed by atoms with van der Waals surface area (Å²) in [4.78, 5) is 23.2. The second kappa shape index (κ2) is 7.12. The monoisotopic (exact) mass is 430 g/mol. The van der Waals surface area contributed by atoms with E-state index < -0.39 is 23.5 Å². The zero-order chi connectivity index (χ0) is 21.7. The van der Waals surface area contributed by atoms with Gasteiger partial charge in [-0.3, -0.25) is 4.48 Å². The number of carbonyl (C=O) groups is 2. The van der Waals surface area contributed by atoms with Gasteiger partial charge in [-0.15, -0.1) is 0 Å². The van der Waals surface area contributed by atoms with Crippen molar-refractivity contribution in [3.63, 3.8) is 0 Å². The highest BCUT2D eigenvalue weighted by Gasteiger charge is 2.54. The number of hydrogen-bond acceptors (Lipinski definition) is 4. The summed E-state index contributed by atoms with van der Waals surface area (Å²) in [6.07, 6.45) is 0.942. The Balaban J connectivity index is 1.91. The van der Waals surface area contributed by atoms with Gasteiger partial charge in [-0.05, 0) is 24.3 Å². The number of aliphatic hydroxyl groups is 1. The maximum atomic E-state index is 11.9. The molecule has 0 amide bonds. The Morgan fingerprint density at radius 3 is 2.63 bits per heavy atom. The summed E-state index contributed by atoms with van der Waals surface area (Å²) in [5.41, 5.74) is -0.290. The van der Waals surface area contributed by atoms with E-state index in [9.17, 15) is 24.9 Å². The van der Waals surface area contributed by atoms with Crippen LogP contribution in [-0.2, 0) is 15.2 Å². The van der Waals surface area contributed by atoms with Gasteiger partial charge in [-0.1, -0.05) is 29.8 Å². The minimum Gasteiger partial charge on any atom is -0.478 e. The largest absolute Gasteiger partial charge is 0.478 e. The van der Waals surface area contributed by atoms with Crippen LogP contribution >= 0.6 is 11.6 Å². The van der Waals surface area contributed by atoms with Gasteiger partial charge in [0, 0.05) is 22.6 Å². The summed E-state index contributed by atoms with van der Waals surface area (Å²) in [5.74, 6) is -2.14. The summed E-state index contributed by atoms with van der Waals surface area (Å²) in [7, 11) is 1.67. The lowest BCUT2D eigenvalue weighted by atomic mass is 9.72. The van der Waals surface area contributed by atoms with E-state index in [1.807, 2.05) is 12.1 Å². The summed E-state index contributed by atoms with van der Waals surface area (Å²) < 4.78 is 5.95. The third-order valence-electron chi connectivity index (χ3n) is 6.13. The van der Waals surface area contributed by atoms with Crippen molar-refractivity contribution in [3.8, 4) is 11.5 Å². The second-order valence-corrected chi connectivity index (χ2v) is 8.42. The number of carboxylic acid groups (broad SMARTS) is 2. The first-order chi connectivity index (χ1) is 14.1. The number of halogens is 1. The van der Waals surface area contributed by atoms with Crippen LogP contribution in [0.25, 0.3) is 0 Å². The Hall–Kier alpha value is -2.87. The van der Waals surface area contributed by atoms with Crippen molar-refractivity contribution >= 4 is 23.5 Å². The van der Waals surface area contributed by atoms with Crippen molar-refractivity contribution in [2.45, 2.75) is 17.9 Å². The Morgan fingerprint density at radius 2 is 1.93 bits per heavy atom. The Morgan fingerprint density at radius 1 is 1.20 bits per heavy atom. The summed E-state index contributed by atoms with van der Waals surface area (Å²) >= 11 is 6.25. The molecule has 1 fully saturated rings. The smallest absolute Gasteiger partial charge is 0.390 e. The van der Waals surface area contributed by atoms with Crippen molar-refractivity contribution in [1.29, 1.82) is 0 Å². The van der Waals surface area contributed by atoms with E-state index in [1.165, 1.54) is 0 Å². The number of fused-ring (bicyclic) bond motifs is 5. The zero-order valence-electron chi connectivity index (χ0n) is 16.2. The predicted molar refractivity (Wildman–Crippen MR) is 108 cm³/mol. The lowest BCUT2D eigenvalue weighted by molar-refractivity contribution is -0.878. The van der Waals surface area contributed by atoms with Crippen LogP contribution in [0.5, 0.6) is 11.5 Å². The quantitative estimate of drug-likeness (QED) is 0.509. The second-order valence-electron chi connectivity index (χ2n) is 7.98. The molecule has 2 aliphatic heterocycles. The number of piperidine rings is 1. The van der Waals surface area contributed by atoms with Gasteiger partial charge in [0.05, 0.1) is 32.1 Å². The van der Waals surface area contributed by atoms with Crippen molar-refractivity contribution in [3.05, 3.63) is 70.4 Å². The molecule has 0 radical (unpaired) electrons. The van der Waals surface area contributed by atoms with Crippen LogP contribution in [-0.4, -0.2) is 51.9 Å². The molecule has 0 aromatic heterocycles. The molecular weight excluding hydrogens is 410 g/mol. The molecule has 0 unspecified atom stereocenters. The van der Waals surface area contributed by atoms with Crippen molar-refractivity contribution in [1.82, 2.24) is 0 Å². The molecule has 0 spiro atoms. The molecule has 0 aliphatic carbocycles. The normalized spacial score (nSPS) is 27.7. The molecule has 2 aromatic rings. The Labute approximate surface area is 178 Å².